The highest BCUT2D eigenvalue weighted by Gasteiger charge is 2.09. The second-order valence-corrected chi connectivity index (χ2v) is 6.27. The Hall–Kier alpha value is -3.81. The minimum absolute atomic E-state index is 0.433. The second-order valence-electron chi connectivity index (χ2n) is 6.27. The summed E-state index contributed by atoms with van der Waals surface area (Å²) < 4.78 is 1.90. The molecule has 0 atom stereocenters. The molecule has 0 spiro atoms. The van der Waals surface area contributed by atoms with Crippen molar-refractivity contribution in [1.82, 2.24) is 34.5 Å². The lowest BCUT2D eigenvalue weighted by atomic mass is 10.1. The van der Waals surface area contributed by atoms with Crippen LogP contribution < -0.4 is 5.73 Å². The fraction of sp³-hybridized carbons (Fsp3) is 0.150. The van der Waals surface area contributed by atoms with E-state index in [1.165, 1.54) is 18.2 Å². The van der Waals surface area contributed by atoms with Gasteiger partial charge in [-0.15, -0.1) is 0 Å². The van der Waals surface area contributed by atoms with Gasteiger partial charge in [-0.2, -0.15) is 5.10 Å². The number of anilines is 1. The van der Waals surface area contributed by atoms with Crippen LogP contribution >= 0.6 is 0 Å². The van der Waals surface area contributed by atoms with Crippen LogP contribution in [0.3, 0.4) is 0 Å². The number of rotatable bonds is 2. The van der Waals surface area contributed by atoms with Crippen LogP contribution in [-0.4, -0.2) is 34.5 Å². The van der Waals surface area contributed by atoms with Gasteiger partial charge in [0.25, 0.3) is 0 Å². The van der Waals surface area contributed by atoms with E-state index in [9.17, 15) is 0 Å². The third-order valence-electron chi connectivity index (χ3n) is 4.42. The molecule has 0 radical (unpaired) electrons. The zero-order valence-corrected chi connectivity index (χ0v) is 15.7. The summed E-state index contributed by atoms with van der Waals surface area (Å²) in [5.41, 5.74) is 12.2. The van der Waals surface area contributed by atoms with Gasteiger partial charge in [0.05, 0.1) is 23.9 Å². The van der Waals surface area contributed by atoms with Gasteiger partial charge in [-0.05, 0) is 25.0 Å². The van der Waals surface area contributed by atoms with Gasteiger partial charge >= 0.3 is 0 Å². The van der Waals surface area contributed by atoms with E-state index in [0.717, 1.165) is 29.0 Å². The fourth-order valence-corrected chi connectivity index (χ4v) is 2.96. The maximum absolute atomic E-state index is 5.48. The van der Waals surface area contributed by atoms with E-state index >= 15 is 0 Å². The number of benzene rings is 1. The van der Waals surface area contributed by atoms with Gasteiger partial charge in [0, 0.05) is 5.56 Å². The van der Waals surface area contributed by atoms with Crippen LogP contribution in [0.25, 0.3) is 28.1 Å². The van der Waals surface area contributed by atoms with Crippen molar-refractivity contribution in [2.75, 3.05) is 5.73 Å². The molecule has 0 saturated carbocycles. The van der Waals surface area contributed by atoms with Crippen LogP contribution in [0.5, 0.6) is 0 Å². The predicted molar refractivity (Wildman–Crippen MR) is 109 cm³/mol. The lowest BCUT2D eigenvalue weighted by molar-refractivity contribution is 0.889. The smallest absolute Gasteiger partial charge is 0.182 e. The molecule has 140 valence electrons. The van der Waals surface area contributed by atoms with E-state index in [2.05, 4.69) is 50.0 Å². The third kappa shape index (κ3) is 3.27. The summed E-state index contributed by atoms with van der Waals surface area (Å²) in [5.74, 6) is 0.433. The lowest BCUT2D eigenvalue weighted by Gasteiger charge is -2.08. The first-order valence-electron chi connectivity index (χ1n) is 8.96. The molecular formula is C20H20N8. The summed E-state index contributed by atoms with van der Waals surface area (Å²) in [6.45, 7) is 4.17. The Kier molecular flexibility index (Phi) is 4.67. The van der Waals surface area contributed by atoms with Gasteiger partial charge in [0.2, 0.25) is 0 Å². The molecule has 4 aromatic heterocycles. The summed E-state index contributed by atoms with van der Waals surface area (Å²) in [6.07, 6.45) is 5.74. The molecule has 5 rings (SSSR count). The zero-order valence-electron chi connectivity index (χ0n) is 15.7. The molecule has 0 fully saturated rings. The van der Waals surface area contributed by atoms with Crippen LogP contribution in [0.15, 0.2) is 55.2 Å². The third-order valence-corrected chi connectivity index (χ3v) is 4.42. The summed E-state index contributed by atoms with van der Waals surface area (Å²) >= 11 is 0. The Morgan fingerprint density at radius 1 is 1.07 bits per heavy atom. The number of hydrogen-bond donors (Lipinski definition) is 2. The molecule has 1 aromatic carbocycles. The molecule has 0 bridgehead atoms. The first-order valence-corrected chi connectivity index (χ1v) is 8.96. The SMILES string of the molecule is CCc1cc2ncc(C)n2nc1-c1ccccc1.Nc1ncnc2nc[nH]c12. The summed E-state index contributed by atoms with van der Waals surface area (Å²) in [4.78, 5) is 18.7. The largest absolute Gasteiger partial charge is 0.382 e. The van der Waals surface area contributed by atoms with Crippen molar-refractivity contribution in [2.45, 2.75) is 20.3 Å². The molecule has 28 heavy (non-hydrogen) atoms. The van der Waals surface area contributed by atoms with Gasteiger partial charge in [0.15, 0.2) is 17.1 Å². The molecule has 8 nitrogen and oxygen atoms in total. The number of H-pyrrole nitrogens is 1. The molecule has 0 unspecified atom stereocenters. The van der Waals surface area contributed by atoms with Crippen molar-refractivity contribution in [2.24, 2.45) is 0 Å². The topological polar surface area (TPSA) is 111 Å². The fourth-order valence-electron chi connectivity index (χ4n) is 2.96. The van der Waals surface area contributed by atoms with Crippen molar-refractivity contribution in [1.29, 1.82) is 0 Å². The van der Waals surface area contributed by atoms with Gasteiger partial charge in [-0.25, -0.2) is 24.5 Å². The highest BCUT2D eigenvalue weighted by molar-refractivity contribution is 5.80. The number of aromatic amines is 1. The van der Waals surface area contributed by atoms with Gasteiger partial charge in [-0.1, -0.05) is 37.3 Å². The Bertz CT molecular complexity index is 1220. The molecule has 0 saturated heterocycles. The molecule has 4 heterocycles. The van der Waals surface area contributed by atoms with Crippen molar-refractivity contribution in [3.63, 3.8) is 0 Å². The van der Waals surface area contributed by atoms with Crippen molar-refractivity contribution in [3.05, 3.63) is 66.5 Å². The maximum atomic E-state index is 5.48. The van der Waals surface area contributed by atoms with Gasteiger partial charge in [0.1, 0.15) is 11.8 Å². The summed E-state index contributed by atoms with van der Waals surface area (Å²) in [7, 11) is 0. The number of nitrogen functional groups attached to an aromatic ring is 1. The first-order chi connectivity index (χ1) is 13.7. The van der Waals surface area contributed by atoms with E-state index in [-0.39, 0.29) is 0 Å². The van der Waals surface area contributed by atoms with Crippen LogP contribution in [-0.2, 0) is 6.42 Å². The molecule has 0 aliphatic carbocycles. The number of fused-ring (bicyclic) bond motifs is 2. The number of nitrogens with zero attached hydrogens (tertiary/aromatic N) is 6. The monoisotopic (exact) mass is 372 g/mol. The predicted octanol–water partition coefficient (Wildman–Crippen LogP) is 3.20. The average Bonchev–Trinajstić information content (AvgIpc) is 3.36. The quantitative estimate of drug-likeness (QED) is 0.492. The first kappa shape index (κ1) is 17.6. The number of nitrogens with two attached hydrogens (primary N) is 1. The number of hydrogen-bond acceptors (Lipinski definition) is 6. The molecule has 0 aliphatic rings. The number of aromatic nitrogens is 7. The average molecular weight is 372 g/mol. The molecule has 8 heteroatoms. The molecular weight excluding hydrogens is 352 g/mol. The van der Waals surface area contributed by atoms with E-state index in [4.69, 9.17) is 10.8 Å². The van der Waals surface area contributed by atoms with Crippen molar-refractivity contribution in [3.8, 4) is 11.3 Å². The summed E-state index contributed by atoms with van der Waals surface area (Å²) in [5, 5.41) is 4.73. The second kappa shape index (κ2) is 7.43. The number of imidazole rings is 2. The highest BCUT2D eigenvalue weighted by atomic mass is 15.3. The van der Waals surface area contributed by atoms with E-state index in [0.29, 0.717) is 17.0 Å². The maximum Gasteiger partial charge on any atom is 0.182 e. The Morgan fingerprint density at radius 2 is 1.89 bits per heavy atom. The Labute approximate surface area is 161 Å². The standard InChI is InChI=1S/C15H15N3.C5H5N5/c1-3-12-9-14-16-10-11(2)18(14)17-15(12)13-7-5-4-6-8-13;6-4-3-5(9-1-7-3)10-2-8-4/h4-10H,3H2,1-2H3;1-2H,(H3,6,7,8,9,10). The minimum atomic E-state index is 0.433. The lowest BCUT2D eigenvalue weighted by Crippen LogP contribution is -2.00. The molecule has 0 aliphatic heterocycles. The normalized spacial score (nSPS) is 10.8. The zero-order chi connectivity index (χ0) is 19.5. The Balaban J connectivity index is 0.000000162. The van der Waals surface area contributed by atoms with Gasteiger partial charge in [-0.3, -0.25) is 0 Å². The summed E-state index contributed by atoms with van der Waals surface area (Å²) in [6, 6.07) is 12.4. The van der Waals surface area contributed by atoms with Crippen LogP contribution in [0, 0.1) is 6.92 Å². The molecule has 3 N–H and O–H groups in total. The minimum Gasteiger partial charge on any atom is -0.382 e. The van der Waals surface area contributed by atoms with E-state index < -0.39 is 0 Å². The van der Waals surface area contributed by atoms with Gasteiger partial charge < -0.3 is 10.7 Å². The van der Waals surface area contributed by atoms with Crippen LogP contribution in [0.4, 0.5) is 5.82 Å². The highest BCUT2D eigenvalue weighted by Crippen LogP contribution is 2.23. The van der Waals surface area contributed by atoms with Crippen molar-refractivity contribution < 1.29 is 0 Å². The Morgan fingerprint density at radius 3 is 2.64 bits per heavy atom. The molecule has 5 aromatic rings. The van der Waals surface area contributed by atoms with E-state index in [1.54, 1.807) is 0 Å². The van der Waals surface area contributed by atoms with Crippen LogP contribution in [0.2, 0.25) is 0 Å². The molecule has 0 amide bonds. The number of nitrogens with one attached hydrogen (secondary N) is 1. The number of aryl methyl sites for hydroxylation is 2. The van der Waals surface area contributed by atoms with Crippen LogP contribution in [0.1, 0.15) is 18.2 Å². The van der Waals surface area contributed by atoms with E-state index in [1.807, 2.05) is 35.8 Å². The van der Waals surface area contributed by atoms with Crippen molar-refractivity contribution >= 4 is 22.6 Å².